The Bertz CT molecular complexity index is 1320. The van der Waals surface area contributed by atoms with Crippen LogP contribution in [0.4, 0.5) is 5.69 Å². The molecule has 0 unspecified atom stereocenters. The van der Waals surface area contributed by atoms with Crippen LogP contribution in [-0.2, 0) is 4.79 Å². The second kappa shape index (κ2) is 13.3. The van der Waals surface area contributed by atoms with Crippen molar-refractivity contribution in [3.8, 4) is 11.1 Å². The van der Waals surface area contributed by atoms with E-state index >= 15 is 0 Å². The Hall–Kier alpha value is -2.84. The van der Waals surface area contributed by atoms with Gasteiger partial charge in [-0.15, -0.1) is 24.8 Å². The van der Waals surface area contributed by atoms with Crippen molar-refractivity contribution in [3.63, 3.8) is 0 Å². The molecule has 2 N–H and O–H groups in total. The second-order valence-electron chi connectivity index (χ2n) is 9.50. The number of nitrogens with zero attached hydrogens (tertiary/aromatic N) is 4. The van der Waals surface area contributed by atoms with E-state index in [4.69, 9.17) is 11.6 Å². The van der Waals surface area contributed by atoms with Gasteiger partial charge in [-0.2, -0.15) is 5.10 Å². The fourth-order valence-electron chi connectivity index (χ4n) is 4.82. The molecule has 1 aliphatic heterocycles. The van der Waals surface area contributed by atoms with Crippen LogP contribution in [0.25, 0.3) is 22.2 Å². The molecule has 0 bridgehead atoms. The summed E-state index contributed by atoms with van der Waals surface area (Å²) in [5.74, 6) is -0.103. The molecule has 10 heteroatoms. The fraction of sp³-hybridized carbons (Fsp3) is 0.321. The predicted molar refractivity (Wildman–Crippen MR) is 160 cm³/mol. The molecule has 1 aliphatic rings. The number of piperazine rings is 1. The summed E-state index contributed by atoms with van der Waals surface area (Å²) in [4.78, 5) is 22.6. The van der Waals surface area contributed by atoms with Gasteiger partial charge in [0.2, 0.25) is 5.91 Å². The summed E-state index contributed by atoms with van der Waals surface area (Å²) in [5.41, 5.74) is 5.06. The molecule has 4 aromatic rings. The summed E-state index contributed by atoms with van der Waals surface area (Å²) in [6, 6.07) is 18.2. The first-order valence-corrected chi connectivity index (χ1v) is 12.8. The number of benzene rings is 2. The highest BCUT2D eigenvalue weighted by molar-refractivity contribution is 6.30. The van der Waals surface area contributed by atoms with Gasteiger partial charge in [0.1, 0.15) is 0 Å². The van der Waals surface area contributed by atoms with Gasteiger partial charge < -0.3 is 15.1 Å². The van der Waals surface area contributed by atoms with Gasteiger partial charge in [0.15, 0.2) is 5.65 Å². The highest BCUT2D eigenvalue weighted by Crippen LogP contribution is 2.36. The minimum absolute atomic E-state index is 0. The summed E-state index contributed by atoms with van der Waals surface area (Å²) < 4.78 is 0. The van der Waals surface area contributed by atoms with E-state index in [0.717, 1.165) is 46.5 Å². The van der Waals surface area contributed by atoms with Gasteiger partial charge in [-0.1, -0.05) is 67.9 Å². The zero-order chi connectivity index (χ0) is 25.1. The first-order chi connectivity index (χ1) is 17.5. The molecule has 1 amide bonds. The molecule has 0 aliphatic carbocycles. The Morgan fingerprint density at radius 2 is 1.68 bits per heavy atom. The van der Waals surface area contributed by atoms with E-state index in [1.807, 2.05) is 59.8 Å². The highest BCUT2D eigenvalue weighted by Gasteiger charge is 2.30. The highest BCUT2D eigenvalue weighted by atomic mass is 35.5. The minimum Gasteiger partial charge on any atom is -0.367 e. The molecule has 2 aromatic carbocycles. The maximum atomic E-state index is 13.7. The number of aromatic amines is 1. The van der Waals surface area contributed by atoms with Gasteiger partial charge in [-0.3, -0.25) is 9.89 Å². The van der Waals surface area contributed by atoms with E-state index in [-0.39, 0.29) is 36.6 Å². The van der Waals surface area contributed by atoms with Crippen molar-refractivity contribution in [2.75, 3.05) is 37.6 Å². The Balaban J connectivity index is 0.00000200. The van der Waals surface area contributed by atoms with Gasteiger partial charge in [0, 0.05) is 55.5 Å². The lowest BCUT2D eigenvalue weighted by atomic mass is 9.96. The zero-order valence-corrected chi connectivity index (χ0v) is 23.8. The minimum atomic E-state index is -0.252. The third kappa shape index (κ3) is 6.41. The monoisotopic (exact) mass is 574 g/mol. The number of H-pyrrole nitrogens is 1. The van der Waals surface area contributed by atoms with Crippen LogP contribution in [0.5, 0.6) is 0 Å². The van der Waals surface area contributed by atoms with Crippen LogP contribution in [0.2, 0.25) is 5.02 Å². The predicted octanol–water partition coefficient (Wildman–Crippen LogP) is 5.55. The molecular formula is C28H33Cl3N6O. The van der Waals surface area contributed by atoms with Gasteiger partial charge in [-0.05, 0) is 23.3 Å². The normalized spacial score (nSPS) is 14.2. The molecule has 1 atom stereocenters. The van der Waals surface area contributed by atoms with Crippen LogP contribution >= 0.6 is 36.4 Å². The molecule has 0 spiro atoms. The zero-order valence-electron chi connectivity index (χ0n) is 21.4. The van der Waals surface area contributed by atoms with Crippen molar-refractivity contribution in [1.29, 1.82) is 0 Å². The molecule has 202 valence electrons. The van der Waals surface area contributed by atoms with Crippen molar-refractivity contribution < 1.29 is 4.79 Å². The maximum Gasteiger partial charge on any atom is 0.231 e. The van der Waals surface area contributed by atoms with Crippen LogP contribution in [0.1, 0.15) is 25.3 Å². The third-order valence-electron chi connectivity index (χ3n) is 6.75. The number of carbonyl (C=O) groups is 1. The molecule has 7 nitrogen and oxygen atoms in total. The molecule has 1 saturated heterocycles. The van der Waals surface area contributed by atoms with Crippen molar-refractivity contribution in [2.24, 2.45) is 0 Å². The Morgan fingerprint density at radius 3 is 2.34 bits per heavy atom. The number of nitrogens with one attached hydrogen (secondary N) is 2. The lowest BCUT2D eigenvalue weighted by Gasteiger charge is -2.38. The number of pyridine rings is 1. The third-order valence-corrected chi connectivity index (χ3v) is 7.00. The van der Waals surface area contributed by atoms with E-state index in [1.165, 1.54) is 0 Å². The Morgan fingerprint density at radius 1 is 1.00 bits per heavy atom. The van der Waals surface area contributed by atoms with Crippen molar-refractivity contribution in [2.45, 2.75) is 25.8 Å². The van der Waals surface area contributed by atoms with Gasteiger partial charge in [0.25, 0.3) is 0 Å². The molecule has 0 radical (unpaired) electrons. The molecule has 0 saturated carbocycles. The Labute approximate surface area is 240 Å². The number of fused-ring (bicyclic) bond motifs is 1. The van der Waals surface area contributed by atoms with Crippen molar-refractivity contribution in [1.82, 2.24) is 25.4 Å². The number of amides is 1. The average Bonchev–Trinajstić information content (AvgIpc) is 3.38. The lowest BCUT2D eigenvalue weighted by molar-refractivity contribution is -0.133. The summed E-state index contributed by atoms with van der Waals surface area (Å²) in [7, 11) is 0. The number of anilines is 1. The van der Waals surface area contributed by atoms with E-state index in [1.54, 1.807) is 0 Å². The number of rotatable bonds is 7. The molecule has 5 rings (SSSR count). The summed E-state index contributed by atoms with van der Waals surface area (Å²) in [5, 5.41) is 12.4. The molecule has 3 heterocycles. The largest absolute Gasteiger partial charge is 0.367 e. The van der Waals surface area contributed by atoms with Gasteiger partial charge in [-0.25, -0.2) is 4.98 Å². The SMILES string of the molecule is CC(C)NC[C@@H](C(=O)N1CCN(c2c(-c3ccccc3)cnc3[nH]ncc23)CC1)c1ccc(Cl)cc1.Cl.Cl. The fourth-order valence-corrected chi connectivity index (χ4v) is 4.95. The van der Waals surface area contributed by atoms with Crippen LogP contribution in [0, 0.1) is 0 Å². The smallest absolute Gasteiger partial charge is 0.231 e. The number of aromatic nitrogens is 3. The lowest BCUT2D eigenvalue weighted by Crippen LogP contribution is -2.51. The second-order valence-corrected chi connectivity index (χ2v) is 9.93. The molecular weight excluding hydrogens is 543 g/mol. The van der Waals surface area contributed by atoms with E-state index in [0.29, 0.717) is 30.7 Å². The van der Waals surface area contributed by atoms with E-state index < -0.39 is 0 Å². The number of halogens is 3. The summed E-state index contributed by atoms with van der Waals surface area (Å²) >= 11 is 6.11. The first-order valence-electron chi connectivity index (χ1n) is 12.4. The molecule has 2 aromatic heterocycles. The van der Waals surface area contributed by atoms with Crippen LogP contribution in [0.15, 0.2) is 67.0 Å². The number of hydrogen-bond acceptors (Lipinski definition) is 5. The number of hydrogen-bond donors (Lipinski definition) is 2. The standard InChI is InChI=1S/C28H31ClN6O.2ClH/c1-19(2)30-17-24(21-8-10-22(29)11-9-21)28(36)35-14-12-34(13-15-35)26-23(20-6-4-3-5-7-20)16-31-27-25(26)18-32-33-27;;/h3-11,16,18-19,24,30H,12-15,17H2,1-2H3,(H,31,32,33);2*1H/t24-;;/m1../s1. The summed E-state index contributed by atoms with van der Waals surface area (Å²) in [6.45, 7) is 7.56. The quantitative estimate of drug-likeness (QED) is 0.302. The van der Waals surface area contributed by atoms with Crippen LogP contribution in [-0.4, -0.2) is 64.8 Å². The maximum absolute atomic E-state index is 13.7. The van der Waals surface area contributed by atoms with Crippen LogP contribution in [0.3, 0.4) is 0 Å². The topological polar surface area (TPSA) is 77.2 Å². The van der Waals surface area contributed by atoms with Gasteiger partial charge >= 0.3 is 0 Å². The van der Waals surface area contributed by atoms with Gasteiger partial charge in [0.05, 0.1) is 23.2 Å². The van der Waals surface area contributed by atoms with Crippen molar-refractivity contribution in [3.05, 3.63) is 77.6 Å². The average molecular weight is 576 g/mol. The summed E-state index contributed by atoms with van der Waals surface area (Å²) in [6.07, 6.45) is 3.76. The Kier molecular flexibility index (Phi) is 10.4. The first kappa shape index (κ1) is 29.7. The van der Waals surface area contributed by atoms with Crippen LogP contribution < -0.4 is 10.2 Å². The molecule has 1 fully saturated rings. The number of carbonyl (C=O) groups excluding carboxylic acids is 1. The molecule has 38 heavy (non-hydrogen) atoms. The van der Waals surface area contributed by atoms with Crippen molar-refractivity contribution >= 4 is 59.0 Å². The van der Waals surface area contributed by atoms with E-state index in [2.05, 4.69) is 51.4 Å². The van der Waals surface area contributed by atoms with E-state index in [9.17, 15) is 4.79 Å².